The van der Waals surface area contributed by atoms with Gasteiger partial charge in [0.1, 0.15) is 0 Å². The normalized spacial score (nSPS) is 18.8. The average molecular weight is 389 g/mol. The third-order valence-corrected chi connectivity index (χ3v) is 7.19. The molecule has 2 aromatic rings. The van der Waals surface area contributed by atoms with Crippen molar-refractivity contribution < 1.29 is 13.2 Å². The Morgan fingerprint density at radius 1 is 1.26 bits per heavy atom. The van der Waals surface area contributed by atoms with Crippen molar-refractivity contribution in [3.63, 3.8) is 0 Å². The number of aromatic nitrogens is 1. The second kappa shape index (κ2) is 7.50. The summed E-state index contributed by atoms with van der Waals surface area (Å²) in [6.45, 7) is 8.68. The lowest BCUT2D eigenvalue weighted by atomic mass is 10.0. The quantitative estimate of drug-likeness (QED) is 0.854. The molecule has 1 saturated heterocycles. The van der Waals surface area contributed by atoms with Gasteiger partial charge in [-0.2, -0.15) is 0 Å². The summed E-state index contributed by atoms with van der Waals surface area (Å²) in [6, 6.07) is 10.3. The smallest absolute Gasteiger partial charge is 0.253 e. The first-order valence-electron chi connectivity index (χ1n) is 9.46. The molecule has 1 amide bonds. The van der Waals surface area contributed by atoms with Crippen molar-refractivity contribution in [3.05, 3.63) is 52.8 Å². The van der Waals surface area contributed by atoms with Gasteiger partial charge in [-0.15, -0.1) is 0 Å². The van der Waals surface area contributed by atoms with Crippen molar-refractivity contribution in [2.75, 3.05) is 18.1 Å². The molecule has 1 N–H and O–H groups in total. The molecule has 2 heterocycles. The minimum Gasteiger partial charge on any atom is -0.352 e. The van der Waals surface area contributed by atoms with Crippen LogP contribution in [0.5, 0.6) is 0 Å². The molecule has 1 fully saturated rings. The topological polar surface area (TPSA) is 68.2 Å². The number of sulfone groups is 1. The lowest BCUT2D eigenvalue weighted by Crippen LogP contribution is -2.30. The van der Waals surface area contributed by atoms with Gasteiger partial charge in [0.2, 0.25) is 0 Å². The number of benzene rings is 1. The lowest BCUT2D eigenvalue weighted by molar-refractivity contribution is 0.0948. The van der Waals surface area contributed by atoms with E-state index < -0.39 is 9.84 Å². The van der Waals surface area contributed by atoms with E-state index in [1.54, 1.807) is 0 Å². The Kier molecular flexibility index (Phi) is 5.47. The summed E-state index contributed by atoms with van der Waals surface area (Å²) >= 11 is 0. The predicted molar refractivity (Wildman–Crippen MR) is 108 cm³/mol. The second-order valence-corrected chi connectivity index (χ2v) is 10.1. The highest BCUT2D eigenvalue weighted by Crippen LogP contribution is 2.24. The van der Waals surface area contributed by atoms with Gasteiger partial charge in [-0.25, -0.2) is 8.42 Å². The first-order chi connectivity index (χ1) is 12.7. The first kappa shape index (κ1) is 19.7. The number of carbonyl (C=O) groups is 1. The Morgan fingerprint density at radius 2 is 2.00 bits per heavy atom. The minimum absolute atomic E-state index is 0.0187. The molecule has 1 aliphatic heterocycles. The zero-order chi connectivity index (χ0) is 19.8. The summed E-state index contributed by atoms with van der Waals surface area (Å²) in [4.78, 5) is 12.7. The average Bonchev–Trinajstić information content (AvgIpc) is 3.11. The van der Waals surface area contributed by atoms with Gasteiger partial charge in [0.25, 0.3) is 5.91 Å². The summed E-state index contributed by atoms with van der Waals surface area (Å²) in [5.74, 6) is 0.720. The molecular weight excluding hydrogens is 360 g/mol. The number of amides is 1. The zero-order valence-electron chi connectivity index (χ0n) is 16.5. The molecule has 146 valence electrons. The maximum atomic E-state index is 12.7. The number of carbonyl (C=O) groups excluding carboxylic acids is 1. The summed E-state index contributed by atoms with van der Waals surface area (Å²) in [6.07, 6.45) is 0.629. The molecule has 5 nitrogen and oxygen atoms in total. The van der Waals surface area contributed by atoms with Crippen LogP contribution in [0.15, 0.2) is 30.3 Å². The number of hydrogen-bond donors (Lipinski definition) is 1. The fourth-order valence-corrected chi connectivity index (χ4v) is 5.64. The molecule has 0 spiro atoms. The monoisotopic (exact) mass is 388 g/mol. The summed E-state index contributed by atoms with van der Waals surface area (Å²) in [7, 11) is -2.92. The van der Waals surface area contributed by atoms with Crippen LogP contribution in [0.25, 0.3) is 5.69 Å². The third-order valence-electron chi connectivity index (χ3n) is 5.35. The fourth-order valence-electron chi connectivity index (χ4n) is 3.78. The van der Waals surface area contributed by atoms with Crippen LogP contribution in [0.3, 0.4) is 0 Å². The van der Waals surface area contributed by atoms with Gasteiger partial charge in [0.05, 0.1) is 17.1 Å². The van der Waals surface area contributed by atoms with E-state index in [-0.39, 0.29) is 23.3 Å². The van der Waals surface area contributed by atoms with Gasteiger partial charge in [0, 0.05) is 23.6 Å². The van der Waals surface area contributed by atoms with Crippen molar-refractivity contribution in [3.8, 4) is 5.69 Å². The van der Waals surface area contributed by atoms with E-state index >= 15 is 0 Å². The molecular formula is C21H28N2O3S. The SMILES string of the molecule is Cc1cc(C(=O)NCC2CCS(=O)(=O)C2)c(C)n1-c1cccc(C(C)C)c1. The highest BCUT2D eigenvalue weighted by Gasteiger charge is 2.28. The van der Waals surface area contributed by atoms with Crippen molar-refractivity contribution in [1.29, 1.82) is 0 Å². The summed E-state index contributed by atoms with van der Waals surface area (Å²) in [5, 5.41) is 2.92. The van der Waals surface area contributed by atoms with Crippen LogP contribution in [0, 0.1) is 19.8 Å². The third kappa shape index (κ3) is 4.26. The molecule has 3 rings (SSSR count). The summed E-state index contributed by atoms with van der Waals surface area (Å²) in [5.41, 5.74) is 4.85. The Labute approximate surface area is 161 Å². The maximum absolute atomic E-state index is 12.7. The number of nitrogens with zero attached hydrogens (tertiary/aromatic N) is 1. The van der Waals surface area contributed by atoms with E-state index in [1.165, 1.54) is 5.56 Å². The van der Waals surface area contributed by atoms with Gasteiger partial charge >= 0.3 is 0 Å². The van der Waals surface area contributed by atoms with Crippen LogP contribution in [0.2, 0.25) is 0 Å². The number of hydrogen-bond acceptors (Lipinski definition) is 3. The molecule has 0 saturated carbocycles. The molecule has 27 heavy (non-hydrogen) atoms. The van der Waals surface area contributed by atoms with Crippen LogP contribution in [0.4, 0.5) is 0 Å². The molecule has 0 radical (unpaired) electrons. The van der Waals surface area contributed by atoms with Gasteiger partial charge in [-0.1, -0.05) is 26.0 Å². The van der Waals surface area contributed by atoms with Gasteiger partial charge in [0.15, 0.2) is 9.84 Å². The Balaban J connectivity index is 1.79. The van der Waals surface area contributed by atoms with Crippen LogP contribution < -0.4 is 5.32 Å². The standard InChI is InChI=1S/C21H28N2O3S/c1-14(2)18-6-5-7-19(11-18)23-15(3)10-20(16(23)4)21(24)22-12-17-8-9-27(25,26)13-17/h5-7,10-11,14,17H,8-9,12-13H2,1-4H3,(H,22,24). The highest BCUT2D eigenvalue weighted by molar-refractivity contribution is 7.91. The molecule has 1 aromatic heterocycles. The van der Waals surface area contributed by atoms with E-state index in [1.807, 2.05) is 26.0 Å². The molecule has 0 aliphatic carbocycles. The maximum Gasteiger partial charge on any atom is 0.253 e. The largest absolute Gasteiger partial charge is 0.352 e. The zero-order valence-corrected chi connectivity index (χ0v) is 17.3. The highest BCUT2D eigenvalue weighted by atomic mass is 32.2. The number of nitrogens with one attached hydrogen (secondary N) is 1. The van der Waals surface area contributed by atoms with Crippen molar-refractivity contribution in [1.82, 2.24) is 9.88 Å². The van der Waals surface area contributed by atoms with E-state index in [0.717, 1.165) is 17.1 Å². The van der Waals surface area contributed by atoms with Crippen LogP contribution in [0.1, 0.15) is 53.5 Å². The van der Waals surface area contributed by atoms with E-state index in [9.17, 15) is 13.2 Å². The minimum atomic E-state index is -2.92. The number of aryl methyl sites for hydroxylation is 1. The predicted octanol–water partition coefficient (Wildman–Crippen LogP) is 3.38. The summed E-state index contributed by atoms with van der Waals surface area (Å²) < 4.78 is 25.2. The fraction of sp³-hybridized carbons (Fsp3) is 0.476. The van der Waals surface area contributed by atoms with Crippen molar-refractivity contribution in [2.24, 2.45) is 5.92 Å². The van der Waals surface area contributed by atoms with E-state index in [0.29, 0.717) is 24.4 Å². The molecule has 1 aliphatic rings. The first-order valence-corrected chi connectivity index (χ1v) is 11.3. The molecule has 6 heteroatoms. The van der Waals surface area contributed by atoms with Gasteiger partial charge in [-0.05, 0) is 55.9 Å². The lowest BCUT2D eigenvalue weighted by Gasteiger charge is -2.13. The van der Waals surface area contributed by atoms with Crippen LogP contribution >= 0.6 is 0 Å². The Morgan fingerprint density at radius 3 is 2.63 bits per heavy atom. The second-order valence-electron chi connectivity index (χ2n) is 7.85. The Hall–Kier alpha value is -2.08. The molecule has 1 unspecified atom stereocenters. The van der Waals surface area contributed by atoms with E-state index in [2.05, 4.69) is 41.9 Å². The Bertz CT molecular complexity index is 958. The van der Waals surface area contributed by atoms with Crippen LogP contribution in [-0.4, -0.2) is 36.9 Å². The molecule has 1 aromatic carbocycles. The van der Waals surface area contributed by atoms with Crippen molar-refractivity contribution >= 4 is 15.7 Å². The molecule has 0 bridgehead atoms. The van der Waals surface area contributed by atoms with Crippen LogP contribution in [-0.2, 0) is 9.84 Å². The van der Waals surface area contributed by atoms with Gasteiger partial charge < -0.3 is 9.88 Å². The van der Waals surface area contributed by atoms with Gasteiger partial charge in [-0.3, -0.25) is 4.79 Å². The van der Waals surface area contributed by atoms with E-state index in [4.69, 9.17) is 0 Å². The van der Waals surface area contributed by atoms with Crippen molar-refractivity contribution in [2.45, 2.75) is 40.0 Å². The molecule has 1 atom stereocenters. The number of rotatable bonds is 5.